The summed E-state index contributed by atoms with van der Waals surface area (Å²) in [5.74, 6) is 0. The van der Waals surface area contributed by atoms with Crippen LogP contribution in [0.15, 0.2) is 35.3 Å². The second kappa shape index (κ2) is 14.9. The Morgan fingerprint density at radius 2 is 1.02 bits per heavy atom. The number of aromatic nitrogens is 2. The maximum atomic E-state index is 12.7. The predicted molar refractivity (Wildman–Crippen MR) is 143 cm³/mol. The van der Waals surface area contributed by atoms with Gasteiger partial charge in [-0.15, -0.1) is 0 Å². The second-order valence-electron chi connectivity index (χ2n) is 8.23. The average Bonchev–Trinajstić information content (AvgIpc) is 3.38. The molecule has 0 saturated carbocycles. The molecule has 30 nitrogen and oxygen atoms in total. The fourth-order valence-electron chi connectivity index (χ4n) is 3.75. The standard InChI is InChI=1S/C14H14N24O6/c15-30-21-1-13(2-22-31-16,3-23-32-17)27-7-10(36(39)40)8(12-9(11(7)37(41)42)29-44-38(12)43)28-14(4-24-33-18,5-25-34-19)6-26-35-20/h27-28H,1-6H2. The molecule has 0 bridgehead atoms. The molecule has 0 saturated heterocycles. The maximum absolute atomic E-state index is 12.7. The van der Waals surface area contributed by atoms with E-state index in [1.807, 2.05) is 0 Å². The van der Waals surface area contributed by atoms with Gasteiger partial charge in [-0.25, -0.2) is 0 Å². The summed E-state index contributed by atoms with van der Waals surface area (Å²) in [6, 6.07) is 0. The van der Waals surface area contributed by atoms with Crippen molar-refractivity contribution in [2.45, 2.75) is 11.1 Å². The van der Waals surface area contributed by atoms with Gasteiger partial charge in [0.2, 0.25) is 0 Å². The molecule has 1 aromatic heterocycles. The van der Waals surface area contributed by atoms with Gasteiger partial charge in [-0.1, -0.05) is 30.7 Å². The third-order valence-electron chi connectivity index (χ3n) is 5.55. The molecule has 0 fully saturated rings. The van der Waals surface area contributed by atoms with Gasteiger partial charge in [-0.3, -0.25) is 24.9 Å². The molecule has 2 N–H and O–H groups in total. The number of fused-ring (bicyclic) bond motifs is 1. The van der Waals surface area contributed by atoms with Gasteiger partial charge in [0.25, 0.3) is 5.52 Å². The van der Waals surface area contributed by atoms with Crippen LogP contribution in [-0.2, 0) is 0 Å². The minimum absolute atomic E-state index is 0.436. The van der Waals surface area contributed by atoms with E-state index in [0.29, 0.717) is 0 Å². The molecule has 0 radical (unpaired) electrons. The van der Waals surface area contributed by atoms with Crippen molar-refractivity contribution in [2.24, 2.45) is 30.7 Å². The molecular weight excluding hydrogens is 600 g/mol. The largest absolute Gasteiger partial charge is 0.370 e. The average molecular weight is 614 g/mol. The van der Waals surface area contributed by atoms with Crippen LogP contribution < -0.4 is 15.5 Å². The molecule has 0 unspecified atom stereocenters. The summed E-state index contributed by atoms with van der Waals surface area (Å²) in [5.41, 5.74) is 43.0. The Kier molecular flexibility index (Phi) is 11.1. The lowest BCUT2D eigenvalue weighted by molar-refractivity contribution is -0.782. The monoisotopic (exact) mass is 614 g/mol. The van der Waals surface area contributed by atoms with Crippen LogP contribution in [0.4, 0.5) is 22.7 Å². The predicted octanol–water partition coefficient (Wildman–Crippen LogP) is 4.44. The van der Waals surface area contributed by atoms with Crippen molar-refractivity contribution in [1.82, 2.24) is 5.16 Å². The summed E-state index contributed by atoms with van der Waals surface area (Å²) in [4.78, 5) is 37.4. The molecule has 0 aliphatic heterocycles. The van der Waals surface area contributed by atoms with Crippen molar-refractivity contribution in [2.75, 3.05) is 49.9 Å². The number of anilines is 2. The SMILES string of the molecule is [N-]=[N+]=NCC(CN=[N+]=[N-])(CN=[N+]=[N-])Nc1c([N+](=O)[O-])c(NC(CN=[N+]=[N-])(CN=[N+]=[N-])CN=[N+]=[N-])c2c(no[n+]2[O-])c1[N+](=O)[O-]. The van der Waals surface area contributed by atoms with Gasteiger partial charge in [-0.05, 0) is 38.1 Å². The highest BCUT2D eigenvalue weighted by molar-refractivity contribution is 6.05. The molecule has 0 spiro atoms. The van der Waals surface area contributed by atoms with Crippen molar-refractivity contribution in [1.29, 1.82) is 0 Å². The molecular formula is C14H14N24O6. The Morgan fingerprint density at radius 3 is 1.34 bits per heavy atom. The smallest absolute Gasteiger partial charge is 0.357 e. The van der Waals surface area contributed by atoms with E-state index in [1.165, 1.54) is 0 Å². The molecule has 30 heteroatoms. The fraction of sp³-hybridized carbons (Fsp3) is 0.571. The van der Waals surface area contributed by atoms with E-state index in [9.17, 15) is 25.4 Å². The molecule has 0 atom stereocenters. The Balaban J connectivity index is 3.19. The Bertz CT molecular complexity index is 1640. The number of azide groups is 6. The number of nitro groups is 2. The molecule has 226 valence electrons. The zero-order valence-corrected chi connectivity index (χ0v) is 21.5. The molecule has 44 heavy (non-hydrogen) atoms. The van der Waals surface area contributed by atoms with E-state index in [4.69, 9.17) is 33.2 Å². The van der Waals surface area contributed by atoms with Crippen molar-refractivity contribution < 1.29 is 19.4 Å². The number of nitro benzene ring substituents is 2. The highest BCUT2D eigenvalue weighted by Gasteiger charge is 2.45. The van der Waals surface area contributed by atoms with Gasteiger partial charge >= 0.3 is 16.9 Å². The van der Waals surface area contributed by atoms with Gasteiger partial charge in [0, 0.05) is 68.7 Å². The van der Waals surface area contributed by atoms with Crippen LogP contribution >= 0.6 is 0 Å². The Morgan fingerprint density at radius 1 is 0.682 bits per heavy atom. The van der Waals surface area contributed by atoms with Gasteiger partial charge in [0.1, 0.15) is 0 Å². The first-order valence-electron chi connectivity index (χ1n) is 11.1. The number of nitrogens with one attached hydrogen (secondary N) is 2. The van der Waals surface area contributed by atoms with Crippen LogP contribution in [0, 0.1) is 25.4 Å². The van der Waals surface area contributed by atoms with E-state index >= 15 is 0 Å². The maximum Gasteiger partial charge on any atom is 0.357 e. The summed E-state index contributed by atoms with van der Waals surface area (Å²) >= 11 is 0. The Labute approximate surface area is 238 Å². The summed E-state index contributed by atoms with van der Waals surface area (Å²) in [7, 11) is 0. The van der Waals surface area contributed by atoms with Crippen molar-refractivity contribution >= 4 is 33.8 Å². The first-order valence-corrected chi connectivity index (χ1v) is 11.1. The molecule has 0 aliphatic rings. The summed E-state index contributed by atoms with van der Waals surface area (Å²) < 4.78 is 4.49. The number of rotatable bonds is 18. The summed E-state index contributed by atoms with van der Waals surface area (Å²) in [6.07, 6.45) is 0. The van der Waals surface area contributed by atoms with E-state index in [1.54, 1.807) is 0 Å². The normalized spacial score (nSPS) is 12.5. The number of hydrogen-bond acceptors (Lipinski definition) is 15. The van der Waals surface area contributed by atoms with E-state index in [2.05, 4.69) is 80.6 Å². The van der Waals surface area contributed by atoms with Crippen molar-refractivity contribution in [3.63, 3.8) is 0 Å². The lowest BCUT2D eigenvalue weighted by atomic mass is 9.96. The number of hydrogen-bond donors (Lipinski definition) is 2. The van der Waals surface area contributed by atoms with Crippen LogP contribution in [0.1, 0.15) is 0 Å². The van der Waals surface area contributed by atoms with E-state index in [-0.39, 0.29) is 0 Å². The minimum atomic E-state index is -2.05. The van der Waals surface area contributed by atoms with E-state index < -0.39 is 98.9 Å². The van der Waals surface area contributed by atoms with Gasteiger partial charge in [0.15, 0.2) is 11.4 Å². The van der Waals surface area contributed by atoms with Crippen LogP contribution in [-0.4, -0.2) is 65.3 Å². The van der Waals surface area contributed by atoms with Crippen LogP contribution in [0.2, 0.25) is 0 Å². The first-order chi connectivity index (χ1) is 21.1. The van der Waals surface area contributed by atoms with Gasteiger partial charge in [-0.2, -0.15) is 0 Å². The fourth-order valence-corrected chi connectivity index (χ4v) is 3.75. The number of benzene rings is 1. The lowest BCUT2D eigenvalue weighted by Gasteiger charge is -2.33. The summed E-state index contributed by atoms with van der Waals surface area (Å²) in [6.45, 7) is -4.53. The van der Waals surface area contributed by atoms with Crippen molar-refractivity contribution in [3.05, 3.63) is 88.1 Å². The topological polar surface area (TPSA) is 456 Å². The highest BCUT2D eigenvalue weighted by atomic mass is 16.8. The third kappa shape index (κ3) is 7.25. The van der Waals surface area contributed by atoms with Crippen LogP contribution in [0.25, 0.3) is 73.7 Å². The minimum Gasteiger partial charge on any atom is -0.370 e. The first kappa shape index (κ1) is 32.9. The molecule has 2 rings (SSSR count). The van der Waals surface area contributed by atoms with Crippen molar-refractivity contribution in [3.8, 4) is 0 Å². The lowest BCUT2D eigenvalue weighted by Crippen LogP contribution is -2.49. The summed E-state index contributed by atoms with van der Waals surface area (Å²) in [5, 5.41) is 65.7. The van der Waals surface area contributed by atoms with Crippen LogP contribution in [0.3, 0.4) is 0 Å². The zero-order chi connectivity index (χ0) is 32.8. The highest BCUT2D eigenvalue weighted by Crippen LogP contribution is 2.48. The zero-order valence-electron chi connectivity index (χ0n) is 21.5. The quantitative estimate of drug-likeness (QED) is 0.0597. The second-order valence-corrected chi connectivity index (χ2v) is 8.23. The van der Waals surface area contributed by atoms with Crippen LogP contribution in [0.5, 0.6) is 0 Å². The molecule has 0 amide bonds. The number of nitrogens with zero attached hydrogens (tertiary/aromatic N) is 22. The molecule has 1 heterocycles. The van der Waals surface area contributed by atoms with E-state index in [0.717, 1.165) is 0 Å². The van der Waals surface area contributed by atoms with Gasteiger partial charge in [0.05, 0.1) is 26.1 Å². The van der Waals surface area contributed by atoms with Gasteiger partial charge < -0.3 is 15.8 Å². The molecule has 2 aromatic rings. The Hall–Kier alpha value is -7.32. The molecule has 0 aliphatic carbocycles. The molecule has 1 aromatic carbocycles. The third-order valence-corrected chi connectivity index (χ3v) is 5.55.